The van der Waals surface area contributed by atoms with Gasteiger partial charge in [-0.1, -0.05) is 13.8 Å². The molecule has 0 aliphatic heterocycles. The standard InChI is InChI=1S/C13H22BrN3O/c1-7-18-13(4,5)12-16-10(8(2)3)9(14)11(15-6)17-12/h8H,7H2,1-6H3,(H,15,16,17). The summed E-state index contributed by atoms with van der Waals surface area (Å²) in [5.41, 5.74) is 0.516. The van der Waals surface area contributed by atoms with Crippen molar-refractivity contribution in [3.63, 3.8) is 0 Å². The second-order valence-electron chi connectivity index (χ2n) is 4.94. The van der Waals surface area contributed by atoms with Gasteiger partial charge in [0.1, 0.15) is 11.4 Å². The Labute approximate surface area is 118 Å². The van der Waals surface area contributed by atoms with Crippen LogP contribution >= 0.6 is 15.9 Å². The molecule has 18 heavy (non-hydrogen) atoms. The zero-order valence-corrected chi connectivity index (χ0v) is 13.6. The zero-order valence-electron chi connectivity index (χ0n) is 12.0. The molecule has 102 valence electrons. The van der Waals surface area contributed by atoms with Gasteiger partial charge in [-0.25, -0.2) is 9.97 Å². The Kier molecular flexibility index (Phi) is 5.10. The first kappa shape index (κ1) is 15.4. The maximum Gasteiger partial charge on any atom is 0.162 e. The number of anilines is 1. The number of rotatable bonds is 5. The number of nitrogens with one attached hydrogen (secondary N) is 1. The molecular formula is C13H22BrN3O. The van der Waals surface area contributed by atoms with Crippen molar-refractivity contribution in [3.8, 4) is 0 Å². The van der Waals surface area contributed by atoms with E-state index in [9.17, 15) is 0 Å². The molecule has 0 aromatic carbocycles. The molecule has 1 N–H and O–H groups in total. The van der Waals surface area contributed by atoms with Gasteiger partial charge in [0.15, 0.2) is 5.82 Å². The molecule has 0 bridgehead atoms. The van der Waals surface area contributed by atoms with E-state index in [0.717, 1.165) is 16.0 Å². The molecule has 0 amide bonds. The van der Waals surface area contributed by atoms with E-state index in [0.29, 0.717) is 18.3 Å². The van der Waals surface area contributed by atoms with E-state index in [-0.39, 0.29) is 0 Å². The molecule has 0 spiro atoms. The molecular weight excluding hydrogens is 294 g/mol. The number of ether oxygens (including phenoxy) is 1. The lowest BCUT2D eigenvalue weighted by atomic mass is 10.1. The lowest BCUT2D eigenvalue weighted by Gasteiger charge is -2.25. The molecule has 0 radical (unpaired) electrons. The van der Waals surface area contributed by atoms with Crippen LogP contribution in [-0.2, 0) is 10.3 Å². The van der Waals surface area contributed by atoms with Crippen molar-refractivity contribution in [1.29, 1.82) is 0 Å². The van der Waals surface area contributed by atoms with E-state index < -0.39 is 5.60 Å². The van der Waals surface area contributed by atoms with Gasteiger partial charge in [-0.05, 0) is 42.6 Å². The predicted octanol–water partition coefficient (Wildman–Crippen LogP) is 3.68. The molecule has 0 unspecified atom stereocenters. The third-order valence-corrected chi connectivity index (χ3v) is 3.49. The van der Waals surface area contributed by atoms with Gasteiger partial charge in [0.25, 0.3) is 0 Å². The van der Waals surface area contributed by atoms with Crippen LogP contribution in [0.1, 0.15) is 52.1 Å². The van der Waals surface area contributed by atoms with Gasteiger partial charge < -0.3 is 10.1 Å². The van der Waals surface area contributed by atoms with Gasteiger partial charge in [0.2, 0.25) is 0 Å². The second kappa shape index (κ2) is 5.97. The van der Waals surface area contributed by atoms with Gasteiger partial charge >= 0.3 is 0 Å². The molecule has 0 aliphatic rings. The Morgan fingerprint density at radius 3 is 2.39 bits per heavy atom. The summed E-state index contributed by atoms with van der Waals surface area (Å²) in [4.78, 5) is 9.18. The second-order valence-corrected chi connectivity index (χ2v) is 5.74. The van der Waals surface area contributed by atoms with Crippen LogP contribution in [0.3, 0.4) is 0 Å². The molecule has 4 nitrogen and oxygen atoms in total. The molecule has 0 saturated carbocycles. The summed E-state index contributed by atoms with van der Waals surface area (Å²) in [5.74, 6) is 1.84. The Morgan fingerprint density at radius 1 is 1.33 bits per heavy atom. The number of hydrogen-bond acceptors (Lipinski definition) is 4. The minimum Gasteiger partial charge on any atom is -0.372 e. The summed E-state index contributed by atoms with van der Waals surface area (Å²) in [6.45, 7) is 10.8. The lowest BCUT2D eigenvalue weighted by Crippen LogP contribution is -2.26. The minimum atomic E-state index is -0.481. The summed E-state index contributed by atoms with van der Waals surface area (Å²) in [5, 5.41) is 3.09. The Hall–Kier alpha value is -0.680. The van der Waals surface area contributed by atoms with Gasteiger partial charge in [-0.15, -0.1) is 0 Å². The van der Waals surface area contributed by atoms with Gasteiger partial charge in [0, 0.05) is 13.7 Å². The molecule has 0 atom stereocenters. The fourth-order valence-electron chi connectivity index (χ4n) is 1.71. The third-order valence-electron chi connectivity index (χ3n) is 2.70. The van der Waals surface area contributed by atoms with Crippen LogP contribution in [0.4, 0.5) is 5.82 Å². The van der Waals surface area contributed by atoms with E-state index in [4.69, 9.17) is 4.74 Å². The van der Waals surface area contributed by atoms with Crippen LogP contribution in [-0.4, -0.2) is 23.6 Å². The first-order valence-electron chi connectivity index (χ1n) is 6.23. The first-order valence-corrected chi connectivity index (χ1v) is 7.02. The highest BCUT2D eigenvalue weighted by atomic mass is 79.9. The van der Waals surface area contributed by atoms with Crippen molar-refractivity contribution in [2.45, 2.75) is 46.1 Å². The maximum atomic E-state index is 5.72. The molecule has 1 heterocycles. The third kappa shape index (κ3) is 3.20. The summed E-state index contributed by atoms with van der Waals surface area (Å²) in [7, 11) is 1.86. The number of hydrogen-bond donors (Lipinski definition) is 1. The quantitative estimate of drug-likeness (QED) is 0.900. The van der Waals surface area contributed by atoms with Crippen molar-refractivity contribution in [1.82, 2.24) is 9.97 Å². The monoisotopic (exact) mass is 315 g/mol. The highest BCUT2D eigenvalue weighted by molar-refractivity contribution is 9.10. The van der Waals surface area contributed by atoms with Crippen molar-refractivity contribution in [3.05, 3.63) is 16.0 Å². The van der Waals surface area contributed by atoms with Gasteiger partial charge in [-0.3, -0.25) is 0 Å². The maximum absolute atomic E-state index is 5.72. The molecule has 1 rings (SSSR count). The SMILES string of the molecule is CCOC(C)(C)c1nc(NC)c(Br)c(C(C)C)n1. The van der Waals surface area contributed by atoms with Gasteiger partial charge in [-0.2, -0.15) is 0 Å². The highest BCUT2D eigenvalue weighted by Gasteiger charge is 2.27. The van der Waals surface area contributed by atoms with Crippen LogP contribution in [0.5, 0.6) is 0 Å². The van der Waals surface area contributed by atoms with Gasteiger partial charge in [0.05, 0.1) is 10.2 Å². The topological polar surface area (TPSA) is 47.0 Å². The molecule has 1 aromatic rings. The number of halogens is 1. The van der Waals surface area contributed by atoms with Crippen molar-refractivity contribution < 1.29 is 4.74 Å². The molecule has 0 fully saturated rings. The molecule has 1 aromatic heterocycles. The minimum absolute atomic E-state index is 0.325. The fourth-order valence-corrected chi connectivity index (χ4v) is 2.54. The summed E-state index contributed by atoms with van der Waals surface area (Å²) < 4.78 is 6.65. The van der Waals surface area contributed by atoms with E-state index in [1.807, 2.05) is 27.8 Å². The smallest absolute Gasteiger partial charge is 0.162 e. The van der Waals surface area contributed by atoms with E-state index in [1.54, 1.807) is 0 Å². The van der Waals surface area contributed by atoms with Crippen LogP contribution in [0.25, 0.3) is 0 Å². The predicted molar refractivity (Wildman–Crippen MR) is 78.0 cm³/mol. The summed E-state index contributed by atoms with van der Waals surface area (Å²) in [6, 6.07) is 0. The largest absolute Gasteiger partial charge is 0.372 e. The van der Waals surface area contributed by atoms with E-state index >= 15 is 0 Å². The average Bonchev–Trinajstić information content (AvgIpc) is 2.28. The van der Waals surface area contributed by atoms with Crippen LogP contribution in [0, 0.1) is 0 Å². The Balaban J connectivity index is 3.34. The van der Waals surface area contributed by atoms with E-state index in [2.05, 4.69) is 45.1 Å². The van der Waals surface area contributed by atoms with Crippen LogP contribution < -0.4 is 5.32 Å². The van der Waals surface area contributed by atoms with Crippen molar-refractivity contribution >= 4 is 21.7 Å². The molecule has 5 heteroatoms. The first-order chi connectivity index (χ1) is 8.33. The lowest BCUT2D eigenvalue weighted by molar-refractivity contribution is -0.0209. The highest BCUT2D eigenvalue weighted by Crippen LogP contribution is 2.32. The van der Waals surface area contributed by atoms with Crippen molar-refractivity contribution in [2.24, 2.45) is 0 Å². The summed E-state index contributed by atoms with van der Waals surface area (Å²) in [6.07, 6.45) is 0. The average molecular weight is 316 g/mol. The number of nitrogens with zero attached hydrogens (tertiary/aromatic N) is 2. The van der Waals surface area contributed by atoms with E-state index in [1.165, 1.54) is 0 Å². The van der Waals surface area contributed by atoms with Crippen molar-refractivity contribution in [2.75, 3.05) is 19.0 Å². The van der Waals surface area contributed by atoms with Crippen LogP contribution in [0.15, 0.2) is 4.47 Å². The number of aromatic nitrogens is 2. The summed E-state index contributed by atoms with van der Waals surface area (Å²) >= 11 is 3.55. The fraction of sp³-hybridized carbons (Fsp3) is 0.692. The zero-order chi connectivity index (χ0) is 13.9. The molecule has 0 saturated heterocycles. The normalized spacial score (nSPS) is 12.0. The Bertz CT molecular complexity index is 419. The Morgan fingerprint density at radius 2 is 1.94 bits per heavy atom. The van der Waals surface area contributed by atoms with Crippen LogP contribution in [0.2, 0.25) is 0 Å². The molecule has 0 aliphatic carbocycles.